The summed E-state index contributed by atoms with van der Waals surface area (Å²) >= 11 is 0. The monoisotopic (exact) mass is 208 g/mol. The van der Waals surface area contributed by atoms with Crippen LogP contribution in [0.4, 0.5) is 0 Å². The van der Waals surface area contributed by atoms with Gasteiger partial charge >= 0.3 is 0 Å². The van der Waals surface area contributed by atoms with Crippen LogP contribution in [-0.2, 0) is 4.79 Å². The van der Waals surface area contributed by atoms with E-state index in [4.69, 9.17) is 0 Å². The second-order valence-electron chi connectivity index (χ2n) is 5.41. The molecular formula is C12H20N2O. The highest BCUT2D eigenvalue weighted by Crippen LogP contribution is 2.43. The molecule has 1 N–H and O–H groups in total. The van der Waals surface area contributed by atoms with Crippen molar-refractivity contribution in [2.45, 2.75) is 44.6 Å². The first-order valence-electron chi connectivity index (χ1n) is 6.34. The van der Waals surface area contributed by atoms with Crippen LogP contribution in [0.3, 0.4) is 0 Å². The summed E-state index contributed by atoms with van der Waals surface area (Å²) in [5, 5.41) is 3.41. The van der Waals surface area contributed by atoms with Crippen LogP contribution in [0.25, 0.3) is 0 Å². The Morgan fingerprint density at radius 1 is 1.33 bits per heavy atom. The molecule has 3 aliphatic rings. The number of nitrogens with one attached hydrogen (secondary N) is 1. The molecule has 2 unspecified atom stereocenters. The Balaban J connectivity index is 1.83. The van der Waals surface area contributed by atoms with Crippen molar-refractivity contribution >= 4 is 5.91 Å². The van der Waals surface area contributed by atoms with Gasteiger partial charge in [-0.25, -0.2) is 0 Å². The standard InChI is InChI=1S/C12H20N2O/c15-11-12(5-3-6-13-9-12)8-10-4-1-2-7-14(10)11/h10,13H,1-9H2. The molecule has 0 aromatic carbocycles. The van der Waals surface area contributed by atoms with Gasteiger partial charge in [0, 0.05) is 19.1 Å². The molecule has 84 valence electrons. The number of fused-ring (bicyclic) bond motifs is 1. The van der Waals surface area contributed by atoms with Crippen LogP contribution in [0.2, 0.25) is 0 Å². The molecule has 1 amide bonds. The van der Waals surface area contributed by atoms with Crippen molar-refractivity contribution in [1.29, 1.82) is 0 Å². The van der Waals surface area contributed by atoms with Crippen LogP contribution in [-0.4, -0.2) is 36.5 Å². The first kappa shape index (κ1) is 9.64. The van der Waals surface area contributed by atoms with Crippen LogP contribution in [0.1, 0.15) is 38.5 Å². The number of hydrogen-bond donors (Lipinski definition) is 1. The fraction of sp³-hybridized carbons (Fsp3) is 0.917. The summed E-state index contributed by atoms with van der Waals surface area (Å²) in [4.78, 5) is 14.6. The lowest BCUT2D eigenvalue weighted by Crippen LogP contribution is -2.46. The van der Waals surface area contributed by atoms with Gasteiger partial charge in [0.1, 0.15) is 0 Å². The van der Waals surface area contributed by atoms with Gasteiger partial charge in [-0.2, -0.15) is 0 Å². The molecule has 0 aliphatic carbocycles. The molecule has 0 aromatic heterocycles. The second-order valence-corrected chi connectivity index (χ2v) is 5.41. The van der Waals surface area contributed by atoms with Gasteiger partial charge in [0.25, 0.3) is 0 Å². The van der Waals surface area contributed by atoms with Crippen molar-refractivity contribution in [3.63, 3.8) is 0 Å². The third kappa shape index (κ3) is 1.40. The fourth-order valence-electron chi connectivity index (χ4n) is 3.65. The van der Waals surface area contributed by atoms with E-state index >= 15 is 0 Å². The quantitative estimate of drug-likeness (QED) is 0.647. The Kier molecular flexibility index (Phi) is 2.23. The highest BCUT2D eigenvalue weighted by atomic mass is 16.2. The minimum Gasteiger partial charge on any atom is -0.339 e. The Hall–Kier alpha value is -0.570. The molecule has 15 heavy (non-hydrogen) atoms. The third-order valence-corrected chi connectivity index (χ3v) is 4.44. The predicted molar refractivity (Wildman–Crippen MR) is 58.5 cm³/mol. The van der Waals surface area contributed by atoms with Crippen LogP contribution < -0.4 is 5.32 Å². The van der Waals surface area contributed by atoms with Gasteiger partial charge in [0.05, 0.1) is 5.41 Å². The lowest BCUT2D eigenvalue weighted by molar-refractivity contribution is -0.138. The van der Waals surface area contributed by atoms with E-state index in [9.17, 15) is 4.79 Å². The minimum absolute atomic E-state index is 0.00669. The van der Waals surface area contributed by atoms with Crippen LogP contribution in [0.15, 0.2) is 0 Å². The van der Waals surface area contributed by atoms with E-state index in [0.717, 1.165) is 32.5 Å². The van der Waals surface area contributed by atoms with Gasteiger partial charge < -0.3 is 10.2 Å². The van der Waals surface area contributed by atoms with Gasteiger partial charge in [-0.05, 0) is 45.1 Å². The summed E-state index contributed by atoms with van der Waals surface area (Å²) in [6.07, 6.45) is 7.19. The Morgan fingerprint density at radius 2 is 2.27 bits per heavy atom. The molecule has 3 saturated heterocycles. The molecule has 0 aromatic rings. The molecular weight excluding hydrogens is 188 g/mol. The Bertz CT molecular complexity index is 271. The average Bonchev–Trinajstić information content (AvgIpc) is 2.54. The normalized spacial score (nSPS) is 40.9. The highest BCUT2D eigenvalue weighted by Gasteiger charge is 2.51. The summed E-state index contributed by atoms with van der Waals surface area (Å²) in [6.45, 7) is 3.05. The van der Waals surface area contributed by atoms with E-state index in [1.165, 1.54) is 25.7 Å². The maximum Gasteiger partial charge on any atom is 0.230 e. The number of carbonyl (C=O) groups is 1. The van der Waals surface area contributed by atoms with Gasteiger partial charge in [0.15, 0.2) is 0 Å². The molecule has 3 heterocycles. The zero-order valence-corrected chi connectivity index (χ0v) is 9.30. The molecule has 1 spiro atoms. The number of rotatable bonds is 0. The SMILES string of the molecule is O=C1N2CCCCC2CC12CCCNC2. The highest BCUT2D eigenvalue weighted by molar-refractivity contribution is 5.86. The van der Waals surface area contributed by atoms with E-state index in [2.05, 4.69) is 10.2 Å². The lowest BCUT2D eigenvalue weighted by atomic mass is 9.78. The van der Waals surface area contributed by atoms with Gasteiger partial charge in [0.2, 0.25) is 5.91 Å². The van der Waals surface area contributed by atoms with E-state index < -0.39 is 0 Å². The third-order valence-electron chi connectivity index (χ3n) is 4.44. The van der Waals surface area contributed by atoms with Crippen LogP contribution in [0, 0.1) is 5.41 Å². The number of nitrogens with zero attached hydrogens (tertiary/aromatic N) is 1. The molecule has 3 heteroatoms. The maximum atomic E-state index is 12.4. The van der Waals surface area contributed by atoms with E-state index in [-0.39, 0.29) is 5.41 Å². The molecule has 0 saturated carbocycles. The molecule has 3 rings (SSSR count). The number of amides is 1. The molecule has 3 fully saturated rings. The summed E-state index contributed by atoms with van der Waals surface area (Å²) in [7, 11) is 0. The average molecular weight is 208 g/mol. The first-order valence-corrected chi connectivity index (χ1v) is 6.34. The summed E-state index contributed by atoms with van der Waals surface area (Å²) < 4.78 is 0. The van der Waals surface area contributed by atoms with Crippen molar-refractivity contribution < 1.29 is 4.79 Å². The molecule has 2 atom stereocenters. The largest absolute Gasteiger partial charge is 0.339 e. The maximum absolute atomic E-state index is 12.4. The van der Waals surface area contributed by atoms with Crippen molar-refractivity contribution in [3.8, 4) is 0 Å². The summed E-state index contributed by atoms with van der Waals surface area (Å²) in [5.74, 6) is 0.458. The fourth-order valence-corrected chi connectivity index (χ4v) is 3.65. The van der Waals surface area contributed by atoms with Crippen molar-refractivity contribution in [2.24, 2.45) is 5.41 Å². The molecule has 3 aliphatic heterocycles. The van der Waals surface area contributed by atoms with Gasteiger partial charge in [-0.15, -0.1) is 0 Å². The number of hydrogen-bond acceptors (Lipinski definition) is 2. The van der Waals surface area contributed by atoms with E-state index in [1.807, 2.05) is 0 Å². The van der Waals surface area contributed by atoms with Crippen molar-refractivity contribution in [3.05, 3.63) is 0 Å². The first-order chi connectivity index (χ1) is 7.32. The number of piperidine rings is 2. The van der Waals surface area contributed by atoms with Crippen molar-refractivity contribution in [1.82, 2.24) is 10.2 Å². The van der Waals surface area contributed by atoms with Crippen molar-refractivity contribution in [2.75, 3.05) is 19.6 Å². The smallest absolute Gasteiger partial charge is 0.230 e. The minimum atomic E-state index is -0.00669. The zero-order valence-electron chi connectivity index (χ0n) is 9.30. The van der Waals surface area contributed by atoms with Crippen LogP contribution >= 0.6 is 0 Å². The molecule has 0 radical (unpaired) electrons. The van der Waals surface area contributed by atoms with Gasteiger partial charge in [-0.1, -0.05) is 0 Å². The topological polar surface area (TPSA) is 32.3 Å². The van der Waals surface area contributed by atoms with E-state index in [1.54, 1.807) is 0 Å². The van der Waals surface area contributed by atoms with Crippen LogP contribution in [0.5, 0.6) is 0 Å². The Morgan fingerprint density at radius 3 is 3.00 bits per heavy atom. The predicted octanol–water partition coefficient (Wildman–Crippen LogP) is 1.14. The molecule has 3 nitrogen and oxygen atoms in total. The van der Waals surface area contributed by atoms with E-state index in [0.29, 0.717) is 11.9 Å². The summed E-state index contributed by atoms with van der Waals surface area (Å²) in [6, 6.07) is 0.575. The summed E-state index contributed by atoms with van der Waals surface area (Å²) in [5.41, 5.74) is -0.00669. The zero-order chi connectivity index (χ0) is 10.3. The lowest BCUT2D eigenvalue weighted by Gasteiger charge is -2.32. The molecule has 0 bridgehead atoms. The second kappa shape index (κ2) is 3.48. The Labute approximate surface area is 91.2 Å². The van der Waals surface area contributed by atoms with Gasteiger partial charge in [-0.3, -0.25) is 4.79 Å². The number of carbonyl (C=O) groups excluding carboxylic acids is 1.